The van der Waals surface area contributed by atoms with E-state index in [0.29, 0.717) is 0 Å². The van der Waals surface area contributed by atoms with Gasteiger partial charge in [-0.15, -0.1) is 11.3 Å². The van der Waals surface area contributed by atoms with E-state index in [2.05, 4.69) is 36.3 Å². The van der Waals surface area contributed by atoms with E-state index < -0.39 is 0 Å². The van der Waals surface area contributed by atoms with Gasteiger partial charge in [0.05, 0.1) is 6.26 Å². The molecule has 2 aromatic rings. The molecule has 0 aromatic carbocycles. The number of nitrogens with one attached hydrogen (secondary N) is 1. The van der Waals surface area contributed by atoms with Crippen LogP contribution < -0.4 is 5.32 Å². The summed E-state index contributed by atoms with van der Waals surface area (Å²) in [7, 11) is 4.14. The van der Waals surface area contributed by atoms with Crippen molar-refractivity contribution in [2.75, 3.05) is 14.1 Å². The van der Waals surface area contributed by atoms with Gasteiger partial charge in [0.1, 0.15) is 5.76 Å². The molecule has 0 fully saturated rings. The SMILES string of the molecule is CNCc1cc(CN(C)Cc2ccoc2C)c(C)s1. The molecule has 0 spiro atoms. The third kappa shape index (κ3) is 3.69. The predicted octanol–water partition coefficient (Wildman–Crippen LogP) is 3.31. The van der Waals surface area contributed by atoms with E-state index in [1.54, 1.807) is 6.26 Å². The second kappa shape index (κ2) is 6.37. The summed E-state index contributed by atoms with van der Waals surface area (Å²) in [4.78, 5) is 5.15. The van der Waals surface area contributed by atoms with Gasteiger partial charge in [0, 0.05) is 35.0 Å². The Hall–Kier alpha value is -1.10. The molecule has 19 heavy (non-hydrogen) atoms. The summed E-state index contributed by atoms with van der Waals surface area (Å²) in [6.45, 7) is 7.09. The highest BCUT2D eigenvalue weighted by atomic mass is 32.1. The summed E-state index contributed by atoms with van der Waals surface area (Å²) in [6, 6.07) is 4.37. The van der Waals surface area contributed by atoms with Gasteiger partial charge in [-0.1, -0.05) is 0 Å². The lowest BCUT2D eigenvalue weighted by Gasteiger charge is -2.16. The number of furan rings is 1. The maximum Gasteiger partial charge on any atom is 0.105 e. The van der Waals surface area contributed by atoms with Crippen LogP contribution in [-0.2, 0) is 19.6 Å². The minimum absolute atomic E-state index is 0.930. The molecule has 0 aliphatic rings. The van der Waals surface area contributed by atoms with Crippen LogP contribution in [0.1, 0.15) is 26.6 Å². The van der Waals surface area contributed by atoms with Crippen molar-refractivity contribution in [3.63, 3.8) is 0 Å². The van der Waals surface area contributed by atoms with Crippen LogP contribution in [0, 0.1) is 13.8 Å². The van der Waals surface area contributed by atoms with Crippen LogP contribution in [0.3, 0.4) is 0 Å². The Morgan fingerprint density at radius 3 is 2.63 bits per heavy atom. The number of hydrogen-bond acceptors (Lipinski definition) is 4. The summed E-state index contributed by atoms with van der Waals surface area (Å²) in [5.74, 6) is 1.02. The molecule has 0 saturated carbocycles. The summed E-state index contributed by atoms with van der Waals surface area (Å²) in [5.41, 5.74) is 2.70. The van der Waals surface area contributed by atoms with Crippen molar-refractivity contribution >= 4 is 11.3 Å². The fraction of sp³-hybridized carbons (Fsp3) is 0.467. The molecule has 3 nitrogen and oxygen atoms in total. The van der Waals surface area contributed by atoms with Gasteiger partial charge in [-0.2, -0.15) is 0 Å². The largest absolute Gasteiger partial charge is 0.469 e. The minimum Gasteiger partial charge on any atom is -0.469 e. The standard InChI is InChI=1S/C15H22N2OS/c1-11-13(5-6-18-11)9-17(4)10-14-7-15(8-16-3)19-12(14)2/h5-7,16H,8-10H2,1-4H3. The molecule has 0 amide bonds. The Bertz CT molecular complexity index is 530. The topological polar surface area (TPSA) is 28.4 Å². The Morgan fingerprint density at radius 2 is 2.00 bits per heavy atom. The van der Waals surface area contributed by atoms with Crippen LogP contribution in [0.5, 0.6) is 0 Å². The third-order valence-electron chi connectivity index (χ3n) is 3.27. The zero-order valence-electron chi connectivity index (χ0n) is 12.1. The second-order valence-electron chi connectivity index (χ2n) is 5.00. The van der Waals surface area contributed by atoms with Gasteiger partial charge >= 0.3 is 0 Å². The molecule has 0 atom stereocenters. The molecular formula is C15H22N2OS. The first kappa shape index (κ1) is 14.3. The lowest BCUT2D eigenvalue weighted by molar-refractivity contribution is 0.316. The molecular weight excluding hydrogens is 256 g/mol. The summed E-state index contributed by atoms with van der Waals surface area (Å²) >= 11 is 1.88. The number of thiophene rings is 1. The van der Waals surface area contributed by atoms with E-state index in [0.717, 1.165) is 25.4 Å². The summed E-state index contributed by atoms with van der Waals surface area (Å²) in [5, 5.41) is 3.21. The van der Waals surface area contributed by atoms with Crippen molar-refractivity contribution in [2.24, 2.45) is 0 Å². The van der Waals surface area contributed by atoms with Gasteiger partial charge in [-0.05, 0) is 45.6 Å². The normalized spacial score (nSPS) is 11.4. The average Bonchev–Trinajstić information content (AvgIpc) is 2.88. The monoisotopic (exact) mass is 278 g/mol. The van der Waals surface area contributed by atoms with Gasteiger partial charge in [0.15, 0.2) is 0 Å². The van der Waals surface area contributed by atoms with Gasteiger partial charge in [-0.3, -0.25) is 4.90 Å². The molecule has 0 aliphatic carbocycles. The first-order valence-corrected chi connectivity index (χ1v) is 7.36. The molecule has 0 saturated heterocycles. The highest BCUT2D eigenvalue weighted by Gasteiger charge is 2.10. The van der Waals surface area contributed by atoms with Crippen LogP contribution in [0.25, 0.3) is 0 Å². The summed E-state index contributed by atoms with van der Waals surface area (Å²) in [6.07, 6.45) is 1.76. The first-order valence-electron chi connectivity index (χ1n) is 6.54. The fourth-order valence-corrected chi connectivity index (χ4v) is 3.28. The molecule has 2 rings (SSSR count). The number of aryl methyl sites for hydroxylation is 2. The van der Waals surface area contributed by atoms with Crippen LogP contribution in [-0.4, -0.2) is 19.0 Å². The second-order valence-corrected chi connectivity index (χ2v) is 6.34. The van der Waals surface area contributed by atoms with Gasteiger partial charge in [0.25, 0.3) is 0 Å². The van der Waals surface area contributed by atoms with E-state index in [-0.39, 0.29) is 0 Å². The van der Waals surface area contributed by atoms with Crippen LogP contribution in [0.15, 0.2) is 22.8 Å². The van der Waals surface area contributed by atoms with E-state index in [4.69, 9.17) is 4.42 Å². The van der Waals surface area contributed by atoms with E-state index >= 15 is 0 Å². The number of hydrogen-bond donors (Lipinski definition) is 1. The molecule has 0 radical (unpaired) electrons. The molecule has 0 bridgehead atoms. The maximum absolute atomic E-state index is 5.34. The van der Waals surface area contributed by atoms with E-state index in [9.17, 15) is 0 Å². The smallest absolute Gasteiger partial charge is 0.105 e. The van der Waals surface area contributed by atoms with Crippen LogP contribution >= 0.6 is 11.3 Å². The Labute approximate surface area is 119 Å². The zero-order chi connectivity index (χ0) is 13.8. The molecule has 4 heteroatoms. The molecule has 2 aromatic heterocycles. The average molecular weight is 278 g/mol. The third-order valence-corrected chi connectivity index (χ3v) is 4.36. The minimum atomic E-state index is 0.930. The maximum atomic E-state index is 5.34. The van der Waals surface area contributed by atoms with Crippen molar-refractivity contribution in [3.05, 3.63) is 45.0 Å². The summed E-state index contributed by atoms with van der Waals surface area (Å²) < 4.78 is 5.34. The Kier molecular flexibility index (Phi) is 4.80. The van der Waals surface area contributed by atoms with E-state index in [1.165, 1.54) is 20.9 Å². The Balaban J connectivity index is 1.98. The van der Waals surface area contributed by atoms with Crippen molar-refractivity contribution in [3.8, 4) is 0 Å². The lowest BCUT2D eigenvalue weighted by Crippen LogP contribution is -2.17. The van der Waals surface area contributed by atoms with Crippen molar-refractivity contribution in [2.45, 2.75) is 33.5 Å². The lowest BCUT2D eigenvalue weighted by atomic mass is 10.2. The zero-order valence-corrected chi connectivity index (χ0v) is 12.9. The predicted molar refractivity (Wildman–Crippen MR) is 80.4 cm³/mol. The van der Waals surface area contributed by atoms with Crippen molar-refractivity contribution in [1.29, 1.82) is 0 Å². The first-order chi connectivity index (χ1) is 9.10. The molecule has 1 N–H and O–H groups in total. The highest BCUT2D eigenvalue weighted by molar-refractivity contribution is 7.12. The number of nitrogens with zero attached hydrogens (tertiary/aromatic N) is 1. The van der Waals surface area contributed by atoms with Gasteiger partial charge < -0.3 is 9.73 Å². The highest BCUT2D eigenvalue weighted by Crippen LogP contribution is 2.23. The van der Waals surface area contributed by atoms with Crippen LogP contribution in [0.4, 0.5) is 0 Å². The quantitative estimate of drug-likeness (QED) is 0.878. The number of rotatable bonds is 6. The molecule has 2 heterocycles. The molecule has 0 aliphatic heterocycles. The fourth-order valence-electron chi connectivity index (χ4n) is 2.22. The van der Waals surface area contributed by atoms with E-state index in [1.807, 2.05) is 25.3 Å². The van der Waals surface area contributed by atoms with Crippen LogP contribution in [0.2, 0.25) is 0 Å². The molecule has 0 unspecified atom stereocenters. The molecule has 104 valence electrons. The van der Waals surface area contributed by atoms with Crippen molar-refractivity contribution < 1.29 is 4.42 Å². The van der Waals surface area contributed by atoms with Crippen molar-refractivity contribution in [1.82, 2.24) is 10.2 Å². The van der Waals surface area contributed by atoms with Gasteiger partial charge in [-0.25, -0.2) is 0 Å². The van der Waals surface area contributed by atoms with Gasteiger partial charge in [0.2, 0.25) is 0 Å². The Morgan fingerprint density at radius 1 is 1.26 bits per heavy atom.